The van der Waals surface area contributed by atoms with Gasteiger partial charge in [-0.1, -0.05) is 32.6 Å². The van der Waals surface area contributed by atoms with Gasteiger partial charge in [0.1, 0.15) is 0 Å². The van der Waals surface area contributed by atoms with Crippen LogP contribution in [0.25, 0.3) is 0 Å². The highest BCUT2D eigenvalue weighted by atomic mass is 16.7. The average Bonchev–Trinajstić information content (AvgIpc) is 2.23. The van der Waals surface area contributed by atoms with Crippen LogP contribution in [0.4, 0.5) is 0 Å². The maximum Gasteiger partial charge on any atom is 0.0685 e. The Balaban J connectivity index is 2.41. The fourth-order valence-electron chi connectivity index (χ4n) is 3.55. The molecule has 0 amide bonds. The molecule has 1 aliphatic heterocycles. The number of nitrogens with two attached hydrogens (primary N) is 1. The minimum Gasteiger partial charge on any atom is -0.328 e. The first kappa shape index (κ1) is 16.9. The molecule has 0 atom stereocenters. The second-order valence-corrected chi connectivity index (χ2v) is 7.34. The van der Waals surface area contributed by atoms with Crippen molar-refractivity contribution in [1.29, 1.82) is 0 Å². The number of unbranched alkanes of at least 4 members (excludes halogenated alkanes) is 4. The third kappa shape index (κ3) is 5.05. The first-order valence-corrected chi connectivity index (χ1v) is 7.98. The Bertz CT molecular complexity index is 245. The SMILES string of the molecule is CCCCCCCON1C(C)(C)CC(N)CC1(C)C. The van der Waals surface area contributed by atoms with Crippen LogP contribution in [0.3, 0.4) is 0 Å². The Morgan fingerprint density at radius 3 is 2.05 bits per heavy atom. The topological polar surface area (TPSA) is 38.5 Å². The van der Waals surface area contributed by atoms with Crippen LogP contribution < -0.4 is 5.73 Å². The monoisotopic (exact) mass is 270 g/mol. The summed E-state index contributed by atoms with van der Waals surface area (Å²) in [5.41, 5.74) is 6.24. The highest BCUT2D eigenvalue weighted by molar-refractivity contribution is 4.98. The van der Waals surface area contributed by atoms with Crippen molar-refractivity contribution in [1.82, 2.24) is 5.06 Å². The van der Waals surface area contributed by atoms with E-state index in [1.54, 1.807) is 0 Å². The number of nitrogens with zero attached hydrogens (tertiary/aromatic N) is 1. The van der Waals surface area contributed by atoms with Gasteiger partial charge in [0.05, 0.1) is 6.61 Å². The van der Waals surface area contributed by atoms with Crippen LogP contribution in [0.2, 0.25) is 0 Å². The predicted molar refractivity (Wildman–Crippen MR) is 81.9 cm³/mol. The van der Waals surface area contributed by atoms with Crippen molar-refractivity contribution in [3.63, 3.8) is 0 Å². The fourth-order valence-corrected chi connectivity index (χ4v) is 3.55. The van der Waals surface area contributed by atoms with Gasteiger partial charge in [-0.3, -0.25) is 4.84 Å². The largest absolute Gasteiger partial charge is 0.328 e. The second-order valence-electron chi connectivity index (χ2n) is 7.34. The van der Waals surface area contributed by atoms with Crippen molar-refractivity contribution in [2.45, 2.75) is 96.7 Å². The molecule has 2 N–H and O–H groups in total. The Morgan fingerprint density at radius 1 is 1.00 bits per heavy atom. The molecule has 3 heteroatoms. The summed E-state index contributed by atoms with van der Waals surface area (Å²) >= 11 is 0. The van der Waals surface area contributed by atoms with Crippen LogP contribution in [-0.4, -0.2) is 28.8 Å². The van der Waals surface area contributed by atoms with Crippen LogP contribution in [-0.2, 0) is 4.84 Å². The van der Waals surface area contributed by atoms with E-state index in [0.717, 1.165) is 25.9 Å². The minimum atomic E-state index is 0.0323. The normalized spacial score (nSPS) is 23.7. The molecule has 0 aromatic carbocycles. The van der Waals surface area contributed by atoms with E-state index in [-0.39, 0.29) is 17.1 Å². The molecule has 0 aliphatic carbocycles. The van der Waals surface area contributed by atoms with Crippen molar-refractivity contribution in [2.75, 3.05) is 6.61 Å². The van der Waals surface area contributed by atoms with E-state index in [9.17, 15) is 0 Å². The average molecular weight is 270 g/mol. The molecule has 3 nitrogen and oxygen atoms in total. The van der Waals surface area contributed by atoms with E-state index < -0.39 is 0 Å². The first-order valence-electron chi connectivity index (χ1n) is 7.98. The van der Waals surface area contributed by atoms with Crippen LogP contribution in [0.1, 0.15) is 79.6 Å². The molecule has 1 fully saturated rings. The number of hydrogen-bond acceptors (Lipinski definition) is 3. The van der Waals surface area contributed by atoms with E-state index in [0.29, 0.717) is 0 Å². The Hall–Kier alpha value is -0.120. The van der Waals surface area contributed by atoms with E-state index in [1.165, 1.54) is 25.7 Å². The molecule has 19 heavy (non-hydrogen) atoms. The highest BCUT2D eigenvalue weighted by Crippen LogP contribution is 2.37. The highest BCUT2D eigenvalue weighted by Gasteiger charge is 2.45. The fraction of sp³-hybridized carbons (Fsp3) is 1.00. The number of piperidine rings is 1. The lowest BCUT2D eigenvalue weighted by molar-refractivity contribution is -0.283. The summed E-state index contributed by atoms with van der Waals surface area (Å²) in [4.78, 5) is 6.12. The van der Waals surface area contributed by atoms with E-state index in [4.69, 9.17) is 10.6 Å². The summed E-state index contributed by atoms with van der Waals surface area (Å²) in [6.45, 7) is 12.1. The van der Waals surface area contributed by atoms with Crippen molar-refractivity contribution in [3.05, 3.63) is 0 Å². The molecule has 1 rings (SSSR count). The number of hydrogen-bond donors (Lipinski definition) is 1. The molecule has 0 spiro atoms. The Kier molecular flexibility index (Phi) is 6.28. The summed E-state index contributed by atoms with van der Waals surface area (Å²) in [5, 5.41) is 2.21. The molecular weight excluding hydrogens is 236 g/mol. The van der Waals surface area contributed by atoms with Crippen molar-refractivity contribution in [3.8, 4) is 0 Å². The van der Waals surface area contributed by atoms with Gasteiger partial charge in [-0.2, -0.15) is 5.06 Å². The minimum absolute atomic E-state index is 0.0323. The summed E-state index contributed by atoms with van der Waals surface area (Å²) in [7, 11) is 0. The third-order valence-electron chi connectivity index (χ3n) is 4.09. The van der Waals surface area contributed by atoms with Gasteiger partial charge in [0.25, 0.3) is 0 Å². The molecule has 1 aliphatic rings. The van der Waals surface area contributed by atoms with Gasteiger partial charge in [-0.05, 0) is 47.0 Å². The van der Waals surface area contributed by atoms with Gasteiger partial charge in [0.15, 0.2) is 0 Å². The molecule has 0 radical (unpaired) electrons. The Labute approximate surface area is 119 Å². The quantitative estimate of drug-likeness (QED) is 0.714. The van der Waals surface area contributed by atoms with Crippen LogP contribution in [0.5, 0.6) is 0 Å². The van der Waals surface area contributed by atoms with Crippen molar-refractivity contribution in [2.24, 2.45) is 5.73 Å². The van der Waals surface area contributed by atoms with E-state index in [2.05, 4.69) is 39.7 Å². The molecule has 114 valence electrons. The van der Waals surface area contributed by atoms with Gasteiger partial charge in [0, 0.05) is 17.1 Å². The zero-order valence-electron chi connectivity index (χ0n) is 13.7. The standard InChI is InChI=1S/C16H34N2O/c1-6-7-8-9-10-11-19-18-15(2,3)12-14(17)13-16(18,4)5/h14H,6-13,17H2,1-5H3. The van der Waals surface area contributed by atoms with E-state index >= 15 is 0 Å². The molecule has 0 unspecified atom stereocenters. The van der Waals surface area contributed by atoms with Gasteiger partial charge < -0.3 is 5.73 Å². The molecular formula is C16H34N2O. The van der Waals surface area contributed by atoms with Gasteiger partial charge in [-0.15, -0.1) is 0 Å². The lowest BCUT2D eigenvalue weighted by Gasteiger charge is -2.53. The lowest BCUT2D eigenvalue weighted by Crippen LogP contribution is -2.63. The predicted octanol–water partition coefficient (Wildman–Crippen LogP) is 3.87. The van der Waals surface area contributed by atoms with Gasteiger partial charge in [0.2, 0.25) is 0 Å². The summed E-state index contributed by atoms with van der Waals surface area (Å²) in [6, 6.07) is 0.286. The molecule has 0 saturated carbocycles. The second kappa shape index (κ2) is 7.05. The number of hydroxylamine groups is 2. The maximum absolute atomic E-state index is 6.18. The summed E-state index contributed by atoms with van der Waals surface area (Å²) in [6.07, 6.45) is 8.42. The van der Waals surface area contributed by atoms with Crippen molar-refractivity contribution >= 4 is 0 Å². The molecule has 1 saturated heterocycles. The first-order chi connectivity index (χ1) is 8.79. The van der Waals surface area contributed by atoms with Crippen molar-refractivity contribution < 1.29 is 4.84 Å². The molecule has 1 heterocycles. The van der Waals surface area contributed by atoms with Crippen LogP contribution in [0, 0.1) is 0 Å². The zero-order chi connectivity index (χ0) is 14.5. The molecule has 0 aromatic rings. The van der Waals surface area contributed by atoms with Crippen LogP contribution in [0.15, 0.2) is 0 Å². The third-order valence-corrected chi connectivity index (χ3v) is 4.09. The molecule has 0 aromatic heterocycles. The van der Waals surface area contributed by atoms with Crippen LogP contribution >= 0.6 is 0 Å². The zero-order valence-corrected chi connectivity index (χ0v) is 13.7. The van der Waals surface area contributed by atoms with Gasteiger partial charge >= 0.3 is 0 Å². The lowest BCUT2D eigenvalue weighted by atomic mass is 9.79. The summed E-state index contributed by atoms with van der Waals surface area (Å²) < 4.78 is 0. The smallest absolute Gasteiger partial charge is 0.0685 e. The molecule has 0 bridgehead atoms. The van der Waals surface area contributed by atoms with E-state index in [1.807, 2.05) is 0 Å². The Morgan fingerprint density at radius 2 is 1.53 bits per heavy atom. The number of rotatable bonds is 7. The summed E-state index contributed by atoms with van der Waals surface area (Å²) in [5.74, 6) is 0. The maximum atomic E-state index is 6.18. The van der Waals surface area contributed by atoms with Gasteiger partial charge in [-0.25, -0.2) is 0 Å².